The van der Waals surface area contributed by atoms with E-state index in [1.807, 2.05) is 11.9 Å². The molecule has 8 heteroatoms. The highest BCUT2D eigenvalue weighted by Gasteiger charge is 2.24. The van der Waals surface area contributed by atoms with Crippen LogP contribution < -0.4 is 10.6 Å². The van der Waals surface area contributed by atoms with Gasteiger partial charge in [-0.1, -0.05) is 0 Å². The monoisotopic (exact) mass is 356 g/mol. The molecule has 1 aliphatic heterocycles. The highest BCUT2D eigenvalue weighted by Crippen LogP contribution is 2.17. The lowest BCUT2D eigenvalue weighted by Crippen LogP contribution is -2.30. The van der Waals surface area contributed by atoms with Crippen LogP contribution in [-0.4, -0.2) is 49.0 Å². The molecule has 1 atom stereocenters. The van der Waals surface area contributed by atoms with E-state index >= 15 is 0 Å². The van der Waals surface area contributed by atoms with Crippen LogP contribution in [0.5, 0.6) is 0 Å². The lowest BCUT2D eigenvalue weighted by atomic mass is 10.1. The zero-order valence-corrected chi connectivity index (χ0v) is 14.7. The number of carbonyl (C=O) groups excluding carboxylic acids is 1. The van der Waals surface area contributed by atoms with Crippen molar-refractivity contribution in [3.8, 4) is 0 Å². The van der Waals surface area contributed by atoms with Crippen molar-refractivity contribution in [1.29, 1.82) is 0 Å². The number of nitro groups is 1. The molecule has 1 amide bonds. The van der Waals surface area contributed by atoms with Crippen LogP contribution in [0.15, 0.2) is 24.3 Å². The number of hydrogen-bond acceptors (Lipinski definition) is 5. The average molecular weight is 357 g/mol. The average Bonchev–Trinajstić information content (AvgIpc) is 3.01. The summed E-state index contributed by atoms with van der Waals surface area (Å²) in [7, 11) is 1.94. The number of amides is 1. The van der Waals surface area contributed by atoms with Crippen molar-refractivity contribution in [2.75, 3.05) is 38.5 Å². The maximum absolute atomic E-state index is 12.1. The SMILES string of the molecule is CNCC1CCN(C(=O)CCCNc2ccc([N+](=O)[O-])cc2)C1.Cl. The van der Waals surface area contributed by atoms with Crippen LogP contribution in [0.4, 0.5) is 11.4 Å². The highest BCUT2D eigenvalue weighted by atomic mass is 35.5. The van der Waals surface area contributed by atoms with Crippen molar-refractivity contribution in [3.63, 3.8) is 0 Å². The van der Waals surface area contributed by atoms with Gasteiger partial charge in [-0.2, -0.15) is 0 Å². The van der Waals surface area contributed by atoms with E-state index < -0.39 is 4.92 Å². The summed E-state index contributed by atoms with van der Waals surface area (Å²) in [6.07, 6.45) is 2.36. The minimum absolute atomic E-state index is 0. The molecule has 0 spiro atoms. The van der Waals surface area contributed by atoms with Crippen LogP contribution in [0.3, 0.4) is 0 Å². The molecule has 7 nitrogen and oxygen atoms in total. The van der Waals surface area contributed by atoms with Crippen molar-refractivity contribution in [2.45, 2.75) is 19.3 Å². The van der Waals surface area contributed by atoms with Crippen molar-refractivity contribution < 1.29 is 9.72 Å². The van der Waals surface area contributed by atoms with E-state index in [4.69, 9.17) is 0 Å². The van der Waals surface area contributed by atoms with Gasteiger partial charge in [-0.25, -0.2) is 0 Å². The van der Waals surface area contributed by atoms with E-state index in [2.05, 4.69) is 10.6 Å². The Balaban J connectivity index is 0.00000288. The molecule has 134 valence electrons. The molecule has 1 aromatic rings. The van der Waals surface area contributed by atoms with Crippen LogP contribution in [0.25, 0.3) is 0 Å². The fourth-order valence-corrected chi connectivity index (χ4v) is 2.85. The predicted molar refractivity (Wildman–Crippen MR) is 96.7 cm³/mol. The lowest BCUT2D eigenvalue weighted by molar-refractivity contribution is -0.384. The molecule has 1 aliphatic rings. The second kappa shape index (κ2) is 10.1. The molecule has 1 aromatic carbocycles. The first-order valence-corrected chi connectivity index (χ1v) is 8.01. The summed E-state index contributed by atoms with van der Waals surface area (Å²) < 4.78 is 0. The van der Waals surface area contributed by atoms with Gasteiger partial charge in [0.15, 0.2) is 0 Å². The van der Waals surface area contributed by atoms with Gasteiger partial charge < -0.3 is 15.5 Å². The first-order chi connectivity index (χ1) is 11.1. The Morgan fingerprint density at radius 3 is 2.71 bits per heavy atom. The molecule has 0 saturated carbocycles. The molecule has 24 heavy (non-hydrogen) atoms. The van der Waals surface area contributed by atoms with Gasteiger partial charge in [0.2, 0.25) is 5.91 Å². The molecule has 0 aliphatic carbocycles. The molecule has 1 heterocycles. The van der Waals surface area contributed by atoms with Crippen LogP contribution in [0, 0.1) is 16.0 Å². The summed E-state index contributed by atoms with van der Waals surface area (Å²) in [5.74, 6) is 0.788. The maximum Gasteiger partial charge on any atom is 0.269 e. The number of likely N-dealkylation sites (tertiary alicyclic amines) is 1. The summed E-state index contributed by atoms with van der Waals surface area (Å²) in [6.45, 7) is 3.36. The van der Waals surface area contributed by atoms with Crippen molar-refractivity contribution in [2.24, 2.45) is 5.92 Å². The summed E-state index contributed by atoms with van der Waals surface area (Å²) in [5, 5.41) is 16.9. The first kappa shape index (κ1) is 20.2. The fraction of sp³-hybridized carbons (Fsp3) is 0.562. The molecule has 0 bridgehead atoms. The minimum Gasteiger partial charge on any atom is -0.385 e. The normalized spacial score (nSPS) is 16.5. The number of anilines is 1. The number of nitrogens with zero attached hydrogens (tertiary/aromatic N) is 2. The molecule has 0 radical (unpaired) electrons. The van der Waals surface area contributed by atoms with Gasteiger partial charge >= 0.3 is 0 Å². The molecule has 2 rings (SSSR count). The Labute approximate surface area is 148 Å². The number of rotatable bonds is 8. The second-order valence-electron chi connectivity index (χ2n) is 5.89. The standard InChI is InChI=1S/C16H24N4O3.ClH/c1-17-11-13-8-10-19(12-13)16(21)3-2-9-18-14-4-6-15(7-5-14)20(22)23;/h4-7,13,17-18H,2-3,8-12H2,1H3;1H. The summed E-state index contributed by atoms with van der Waals surface area (Å²) in [6, 6.07) is 6.31. The molecular formula is C16H25ClN4O3. The van der Waals surface area contributed by atoms with Gasteiger partial charge in [0.25, 0.3) is 5.69 Å². The smallest absolute Gasteiger partial charge is 0.269 e. The van der Waals surface area contributed by atoms with E-state index in [0.29, 0.717) is 18.9 Å². The third kappa shape index (κ3) is 5.98. The van der Waals surface area contributed by atoms with Crippen LogP contribution in [-0.2, 0) is 4.79 Å². The topological polar surface area (TPSA) is 87.5 Å². The molecule has 0 aromatic heterocycles. The quantitative estimate of drug-likeness (QED) is 0.424. The van der Waals surface area contributed by atoms with Gasteiger partial charge in [0.05, 0.1) is 4.92 Å². The zero-order valence-electron chi connectivity index (χ0n) is 13.9. The van der Waals surface area contributed by atoms with Crippen molar-refractivity contribution in [1.82, 2.24) is 10.2 Å². The number of benzene rings is 1. The minimum atomic E-state index is -0.417. The van der Waals surface area contributed by atoms with E-state index in [0.717, 1.165) is 38.2 Å². The summed E-state index contributed by atoms with van der Waals surface area (Å²) in [5.41, 5.74) is 0.911. The van der Waals surface area contributed by atoms with E-state index in [-0.39, 0.29) is 24.0 Å². The fourth-order valence-electron chi connectivity index (χ4n) is 2.85. The summed E-state index contributed by atoms with van der Waals surface area (Å²) in [4.78, 5) is 24.2. The van der Waals surface area contributed by atoms with E-state index in [1.165, 1.54) is 12.1 Å². The zero-order chi connectivity index (χ0) is 16.7. The molecule has 1 saturated heterocycles. The van der Waals surface area contributed by atoms with Crippen LogP contribution in [0.1, 0.15) is 19.3 Å². The Bertz CT molecular complexity index is 539. The summed E-state index contributed by atoms with van der Waals surface area (Å²) >= 11 is 0. The third-order valence-electron chi connectivity index (χ3n) is 4.11. The van der Waals surface area contributed by atoms with E-state index in [9.17, 15) is 14.9 Å². The largest absolute Gasteiger partial charge is 0.385 e. The molecule has 1 fully saturated rings. The Kier molecular flexibility index (Phi) is 8.49. The molecule has 1 unspecified atom stereocenters. The maximum atomic E-state index is 12.1. The molecular weight excluding hydrogens is 332 g/mol. The Hall–Kier alpha value is -1.86. The first-order valence-electron chi connectivity index (χ1n) is 8.01. The van der Waals surface area contributed by atoms with Gasteiger partial charge in [-0.05, 0) is 44.5 Å². The highest BCUT2D eigenvalue weighted by molar-refractivity contribution is 5.85. The van der Waals surface area contributed by atoms with Gasteiger partial charge in [-0.3, -0.25) is 14.9 Å². The second-order valence-corrected chi connectivity index (χ2v) is 5.89. The van der Waals surface area contributed by atoms with Gasteiger partial charge in [-0.15, -0.1) is 12.4 Å². The third-order valence-corrected chi connectivity index (χ3v) is 4.11. The predicted octanol–water partition coefficient (Wildman–Crippen LogP) is 2.28. The van der Waals surface area contributed by atoms with Gasteiger partial charge in [0.1, 0.15) is 0 Å². The van der Waals surface area contributed by atoms with Crippen molar-refractivity contribution >= 4 is 29.7 Å². The molecule has 2 N–H and O–H groups in total. The number of halogens is 1. The Morgan fingerprint density at radius 1 is 1.38 bits per heavy atom. The Morgan fingerprint density at radius 2 is 2.08 bits per heavy atom. The van der Waals surface area contributed by atoms with E-state index in [1.54, 1.807) is 12.1 Å². The number of non-ortho nitro benzene ring substituents is 1. The van der Waals surface area contributed by atoms with Crippen molar-refractivity contribution in [3.05, 3.63) is 34.4 Å². The van der Waals surface area contributed by atoms with Crippen LogP contribution in [0.2, 0.25) is 0 Å². The van der Waals surface area contributed by atoms with Gasteiger partial charge in [0, 0.05) is 43.9 Å². The number of hydrogen-bond donors (Lipinski definition) is 2. The van der Waals surface area contributed by atoms with Crippen LogP contribution >= 0.6 is 12.4 Å². The number of carbonyl (C=O) groups is 1. The number of nitro benzene ring substituents is 1. The lowest BCUT2D eigenvalue weighted by Gasteiger charge is -2.16. The number of nitrogens with one attached hydrogen (secondary N) is 2.